The van der Waals surface area contributed by atoms with E-state index in [4.69, 9.17) is 5.73 Å². The van der Waals surface area contributed by atoms with Crippen LogP contribution in [-0.2, 0) is 6.54 Å². The molecule has 1 atom stereocenters. The van der Waals surface area contributed by atoms with Crippen molar-refractivity contribution in [1.29, 1.82) is 0 Å². The third-order valence-corrected chi connectivity index (χ3v) is 3.02. The Hall–Kier alpha value is -1.99. The summed E-state index contributed by atoms with van der Waals surface area (Å²) < 4.78 is 14.6. The minimum atomic E-state index is -0.304. The van der Waals surface area contributed by atoms with Gasteiger partial charge in [0.15, 0.2) is 5.69 Å². The maximum Gasteiger partial charge on any atom is 0.273 e. The van der Waals surface area contributed by atoms with E-state index in [0.29, 0.717) is 19.6 Å². The highest BCUT2D eigenvalue weighted by Crippen LogP contribution is 2.05. The Morgan fingerprint density at radius 3 is 2.95 bits per heavy atom. The summed E-state index contributed by atoms with van der Waals surface area (Å²) >= 11 is 0. The molecule has 2 aromatic rings. The summed E-state index contributed by atoms with van der Waals surface area (Å²) in [6, 6.07) is 6.21. The number of carbonyl (C=O) groups is 1. The largest absolute Gasteiger partial charge is 0.350 e. The van der Waals surface area contributed by atoms with Gasteiger partial charge in [-0.1, -0.05) is 24.3 Å². The first-order valence-electron chi connectivity index (χ1n) is 6.71. The normalized spacial score (nSPS) is 11.6. The van der Waals surface area contributed by atoms with Gasteiger partial charge in [0.2, 0.25) is 0 Å². The van der Waals surface area contributed by atoms with Crippen LogP contribution >= 0.6 is 12.4 Å². The zero-order chi connectivity index (χ0) is 15.2. The fourth-order valence-electron chi connectivity index (χ4n) is 1.74. The fourth-order valence-corrected chi connectivity index (χ4v) is 1.74. The minimum absolute atomic E-state index is 0. The molecule has 1 heterocycles. The molecule has 3 N–H and O–H groups in total. The average molecular weight is 328 g/mol. The van der Waals surface area contributed by atoms with Crippen LogP contribution in [0.5, 0.6) is 0 Å². The van der Waals surface area contributed by atoms with Gasteiger partial charge in [-0.25, -0.2) is 9.07 Å². The summed E-state index contributed by atoms with van der Waals surface area (Å²) in [7, 11) is 0. The van der Waals surface area contributed by atoms with Crippen molar-refractivity contribution in [3.05, 3.63) is 47.5 Å². The van der Waals surface area contributed by atoms with Gasteiger partial charge in [-0.3, -0.25) is 4.79 Å². The van der Waals surface area contributed by atoms with E-state index in [2.05, 4.69) is 15.6 Å². The Morgan fingerprint density at radius 1 is 1.50 bits per heavy atom. The number of hydrogen-bond acceptors (Lipinski definition) is 4. The molecule has 0 fully saturated rings. The molecule has 0 bridgehead atoms. The second-order valence-corrected chi connectivity index (χ2v) is 4.98. The number of rotatable bonds is 6. The van der Waals surface area contributed by atoms with Crippen molar-refractivity contribution in [1.82, 2.24) is 20.3 Å². The first-order chi connectivity index (χ1) is 10.1. The van der Waals surface area contributed by atoms with Crippen LogP contribution in [0.1, 0.15) is 23.0 Å². The minimum Gasteiger partial charge on any atom is -0.350 e. The number of nitrogens with zero attached hydrogens (tertiary/aromatic N) is 3. The Bertz CT molecular complexity index is 619. The van der Waals surface area contributed by atoms with Crippen LogP contribution in [0.25, 0.3) is 0 Å². The Balaban J connectivity index is 0.00000242. The monoisotopic (exact) mass is 327 g/mol. The molecule has 8 heteroatoms. The molecule has 0 radical (unpaired) electrons. The lowest BCUT2D eigenvalue weighted by Crippen LogP contribution is -2.31. The standard InChI is InChI=1S/C14H18FN5O.ClH/c1-10(6-16)7-17-14(21)13-9-20(19-18-13)8-11-3-2-4-12(15)5-11;/h2-5,9-10H,6-8,16H2,1H3,(H,17,21);1H. The van der Waals surface area contributed by atoms with Gasteiger partial charge in [-0.05, 0) is 30.2 Å². The topological polar surface area (TPSA) is 85.8 Å². The zero-order valence-corrected chi connectivity index (χ0v) is 13.0. The Morgan fingerprint density at radius 2 is 2.27 bits per heavy atom. The molecule has 22 heavy (non-hydrogen) atoms. The molecule has 1 amide bonds. The molecule has 120 valence electrons. The zero-order valence-electron chi connectivity index (χ0n) is 12.2. The lowest BCUT2D eigenvalue weighted by atomic mass is 10.2. The highest BCUT2D eigenvalue weighted by atomic mass is 35.5. The highest BCUT2D eigenvalue weighted by Gasteiger charge is 2.11. The second-order valence-electron chi connectivity index (χ2n) is 4.98. The SMILES string of the molecule is CC(CN)CNC(=O)c1cn(Cc2cccc(F)c2)nn1.Cl. The molecule has 2 rings (SSSR count). The number of amides is 1. The molecule has 0 spiro atoms. The maximum absolute atomic E-state index is 13.1. The quantitative estimate of drug-likeness (QED) is 0.835. The molecular weight excluding hydrogens is 309 g/mol. The van der Waals surface area contributed by atoms with Crippen LogP contribution in [0.2, 0.25) is 0 Å². The van der Waals surface area contributed by atoms with Crippen molar-refractivity contribution >= 4 is 18.3 Å². The smallest absolute Gasteiger partial charge is 0.273 e. The predicted octanol–water partition coefficient (Wildman–Crippen LogP) is 1.21. The van der Waals surface area contributed by atoms with Crippen molar-refractivity contribution < 1.29 is 9.18 Å². The van der Waals surface area contributed by atoms with Gasteiger partial charge in [0.05, 0.1) is 12.7 Å². The third-order valence-electron chi connectivity index (χ3n) is 3.02. The Kier molecular flexibility index (Phi) is 6.94. The molecule has 0 aliphatic heterocycles. The lowest BCUT2D eigenvalue weighted by Gasteiger charge is -2.08. The molecule has 0 saturated carbocycles. The van der Waals surface area contributed by atoms with Crippen molar-refractivity contribution in [2.24, 2.45) is 11.7 Å². The molecular formula is C14H19ClFN5O. The highest BCUT2D eigenvalue weighted by molar-refractivity contribution is 5.91. The van der Waals surface area contributed by atoms with Crippen LogP contribution in [-0.4, -0.2) is 34.0 Å². The second kappa shape index (κ2) is 8.45. The third kappa shape index (κ3) is 5.09. The first kappa shape index (κ1) is 18.1. The van der Waals surface area contributed by atoms with Gasteiger partial charge in [-0.15, -0.1) is 17.5 Å². The maximum atomic E-state index is 13.1. The summed E-state index contributed by atoms with van der Waals surface area (Å²) in [5.74, 6) is -0.390. The molecule has 0 aliphatic rings. The number of halogens is 2. The number of benzene rings is 1. The van der Waals surface area contributed by atoms with E-state index < -0.39 is 0 Å². The molecule has 1 aromatic carbocycles. The first-order valence-corrected chi connectivity index (χ1v) is 6.71. The summed E-state index contributed by atoms with van der Waals surface area (Å²) in [5.41, 5.74) is 6.47. The van der Waals surface area contributed by atoms with E-state index in [-0.39, 0.29) is 35.7 Å². The van der Waals surface area contributed by atoms with Crippen LogP contribution in [0.4, 0.5) is 4.39 Å². The van der Waals surface area contributed by atoms with Crippen molar-refractivity contribution in [2.45, 2.75) is 13.5 Å². The van der Waals surface area contributed by atoms with Crippen LogP contribution in [0.15, 0.2) is 30.5 Å². The van der Waals surface area contributed by atoms with E-state index in [0.717, 1.165) is 5.56 Å². The fraction of sp³-hybridized carbons (Fsp3) is 0.357. The van der Waals surface area contributed by atoms with Crippen LogP contribution < -0.4 is 11.1 Å². The van der Waals surface area contributed by atoms with Gasteiger partial charge in [-0.2, -0.15) is 0 Å². The van der Waals surface area contributed by atoms with E-state index in [1.54, 1.807) is 12.1 Å². The van der Waals surface area contributed by atoms with Gasteiger partial charge < -0.3 is 11.1 Å². The number of hydrogen-bond donors (Lipinski definition) is 2. The summed E-state index contributed by atoms with van der Waals surface area (Å²) in [4.78, 5) is 11.9. The van der Waals surface area contributed by atoms with E-state index in [1.165, 1.54) is 23.0 Å². The number of aromatic nitrogens is 3. The molecule has 1 aromatic heterocycles. The van der Waals surface area contributed by atoms with E-state index in [9.17, 15) is 9.18 Å². The van der Waals surface area contributed by atoms with Crippen molar-refractivity contribution in [3.63, 3.8) is 0 Å². The molecule has 1 unspecified atom stereocenters. The van der Waals surface area contributed by atoms with Crippen LogP contribution in [0.3, 0.4) is 0 Å². The Labute approximate surface area is 134 Å². The van der Waals surface area contributed by atoms with Gasteiger partial charge in [0.1, 0.15) is 5.82 Å². The predicted molar refractivity (Wildman–Crippen MR) is 83.3 cm³/mol. The molecule has 6 nitrogen and oxygen atoms in total. The van der Waals surface area contributed by atoms with Gasteiger partial charge >= 0.3 is 0 Å². The molecule has 0 saturated heterocycles. The van der Waals surface area contributed by atoms with Crippen molar-refractivity contribution in [2.75, 3.05) is 13.1 Å². The van der Waals surface area contributed by atoms with E-state index in [1.807, 2.05) is 6.92 Å². The summed E-state index contributed by atoms with van der Waals surface area (Å²) in [5, 5.41) is 10.4. The number of nitrogens with two attached hydrogens (primary N) is 1. The summed E-state index contributed by atoms with van der Waals surface area (Å²) in [6.45, 7) is 3.30. The van der Waals surface area contributed by atoms with Crippen LogP contribution in [0, 0.1) is 11.7 Å². The van der Waals surface area contributed by atoms with Crippen molar-refractivity contribution in [3.8, 4) is 0 Å². The number of carbonyl (C=O) groups excluding carboxylic acids is 1. The summed E-state index contributed by atoms with van der Waals surface area (Å²) in [6.07, 6.45) is 1.54. The average Bonchev–Trinajstić information content (AvgIpc) is 2.93. The number of nitrogens with one attached hydrogen (secondary N) is 1. The van der Waals surface area contributed by atoms with E-state index >= 15 is 0 Å². The lowest BCUT2D eigenvalue weighted by molar-refractivity contribution is 0.0943. The molecule has 0 aliphatic carbocycles. The van der Waals surface area contributed by atoms with Gasteiger partial charge in [0.25, 0.3) is 5.91 Å². The van der Waals surface area contributed by atoms with Gasteiger partial charge in [0, 0.05) is 6.54 Å².